The number of carbonyl (C=O) groups is 1. The number of hydrogen-bond acceptors (Lipinski definition) is 2. The van der Waals surface area contributed by atoms with E-state index in [4.69, 9.17) is 0 Å². The fourth-order valence-corrected chi connectivity index (χ4v) is 2.05. The molecule has 1 aromatic rings. The highest BCUT2D eigenvalue weighted by Gasteiger charge is 2.20. The van der Waals surface area contributed by atoms with Gasteiger partial charge in [-0.05, 0) is 18.4 Å². The maximum atomic E-state index is 11.6. The lowest BCUT2D eigenvalue weighted by Gasteiger charge is -2.17. The van der Waals surface area contributed by atoms with Gasteiger partial charge in [-0.1, -0.05) is 36.4 Å². The van der Waals surface area contributed by atoms with Crippen molar-refractivity contribution in [2.45, 2.75) is 31.8 Å². The number of aliphatic hydroxyl groups is 1. The molecular formula is C14H16O2. The molecule has 16 heavy (non-hydrogen) atoms. The van der Waals surface area contributed by atoms with Crippen LogP contribution in [0.15, 0.2) is 42.0 Å². The SMILES string of the molecule is O=C1CCCC=C1C(O)Cc1ccccc1. The van der Waals surface area contributed by atoms with Crippen LogP contribution in [0.5, 0.6) is 0 Å². The van der Waals surface area contributed by atoms with Crippen LogP contribution in [0.3, 0.4) is 0 Å². The average molecular weight is 216 g/mol. The monoisotopic (exact) mass is 216 g/mol. The van der Waals surface area contributed by atoms with Gasteiger partial charge in [-0.3, -0.25) is 4.79 Å². The molecule has 1 aromatic carbocycles. The normalized spacial score (nSPS) is 18.1. The molecule has 1 N–H and O–H groups in total. The van der Waals surface area contributed by atoms with Gasteiger partial charge in [-0.15, -0.1) is 0 Å². The fraction of sp³-hybridized carbons (Fsp3) is 0.357. The third kappa shape index (κ3) is 2.58. The average Bonchev–Trinajstić information content (AvgIpc) is 2.31. The Morgan fingerprint density at radius 2 is 2.00 bits per heavy atom. The first-order valence-corrected chi connectivity index (χ1v) is 5.72. The van der Waals surface area contributed by atoms with Crippen LogP contribution in [-0.2, 0) is 11.2 Å². The molecule has 1 aliphatic rings. The molecule has 0 saturated carbocycles. The summed E-state index contributed by atoms with van der Waals surface area (Å²) < 4.78 is 0. The van der Waals surface area contributed by atoms with E-state index in [1.165, 1.54) is 0 Å². The van der Waals surface area contributed by atoms with Crippen LogP contribution < -0.4 is 0 Å². The Bertz CT molecular complexity index is 392. The summed E-state index contributed by atoms with van der Waals surface area (Å²) in [5.41, 5.74) is 1.67. The smallest absolute Gasteiger partial charge is 0.161 e. The number of allylic oxidation sites excluding steroid dienone is 1. The first-order valence-electron chi connectivity index (χ1n) is 5.72. The van der Waals surface area contributed by atoms with Crippen molar-refractivity contribution in [1.29, 1.82) is 0 Å². The van der Waals surface area contributed by atoms with E-state index in [0.717, 1.165) is 18.4 Å². The minimum atomic E-state index is -0.643. The minimum Gasteiger partial charge on any atom is -0.388 e. The standard InChI is InChI=1S/C14H16O2/c15-13-9-5-4-8-12(13)14(16)10-11-6-2-1-3-7-11/h1-3,6-8,14,16H,4-5,9-10H2. The Balaban J connectivity index is 2.05. The summed E-state index contributed by atoms with van der Waals surface area (Å²) >= 11 is 0. The number of benzene rings is 1. The van der Waals surface area contributed by atoms with E-state index in [-0.39, 0.29) is 5.78 Å². The Morgan fingerprint density at radius 1 is 1.25 bits per heavy atom. The number of carbonyl (C=O) groups excluding carboxylic acids is 1. The van der Waals surface area contributed by atoms with Gasteiger partial charge in [0.15, 0.2) is 5.78 Å². The number of rotatable bonds is 3. The van der Waals surface area contributed by atoms with Gasteiger partial charge in [0.05, 0.1) is 6.10 Å². The van der Waals surface area contributed by atoms with Crippen LogP contribution in [0, 0.1) is 0 Å². The molecule has 0 bridgehead atoms. The Labute approximate surface area is 95.6 Å². The molecule has 1 aliphatic carbocycles. The van der Waals surface area contributed by atoms with E-state index in [2.05, 4.69) is 0 Å². The molecule has 0 saturated heterocycles. The van der Waals surface area contributed by atoms with Gasteiger partial charge in [0.25, 0.3) is 0 Å². The molecule has 0 amide bonds. The highest BCUT2D eigenvalue weighted by atomic mass is 16.3. The highest BCUT2D eigenvalue weighted by Crippen LogP contribution is 2.19. The lowest BCUT2D eigenvalue weighted by molar-refractivity contribution is -0.116. The van der Waals surface area contributed by atoms with Gasteiger partial charge >= 0.3 is 0 Å². The van der Waals surface area contributed by atoms with Gasteiger partial charge in [0.2, 0.25) is 0 Å². The second kappa shape index (κ2) is 5.08. The Morgan fingerprint density at radius 3 is 2.69 bits per heavy atom. The van der Waals surface area contributed by atoms with E-state index >= 15 is 0 Å². The number of Topliss-reactive ketones (excluding diaryl/α,β-unsaturated/α-hetero) is 1. The predicted molar refractivity (Wildman–Crippen MR) is 63.1 cm³/mol. The highest BCUT2D eigenvalue weighted by molar-refractivity contribution is 5.96. The van der Waals surface area contributed by atoms with Crippen molar-refractivity contribution >= 4 is 5.78 Å². The first kappa shape index (κ1) is 11.1. The van der Waals surface area contributed by atoms with Crippen molar-refractivity contribution in [3.8, 4) is 0 Å². The van der Waals surface area contributed by atoms with Crippen molar-refractivity contribution < 1.29 is 9.90 Å². The fourth-order valence-electron chi connectivity index (χ4n) is 2.05. The maximum Gasteiger partial charge on any atom is 0.161 e. The number of aliphatic hydroxyl groups excluding tert-OH is 1. The third-order valence-electron chi connectivity index (χ3n) is 2.93. The second-order valence-corrected chi connectivity index (χ2v) is 4.18. The topological polar surface area (TPSA) is 37.3 Å². The van der Waals surface area contributed by atoms with Crippen molar-refractivity contribution in [2.24, 2.45) is 0 Å². The van der Waals surface area contributed by atoms with Crippen molar-refractivity contribution in [3.05, 3.63) is 47.5 Å². The summed E-state index contributed by atoms with van der Waals surface area (Å²) in [7, 11) is 0. The summed E-state index contributed by atoms with van der Waals surface area (Å²) in [5.74, 6) is 0.106. The molecule has 2 heteroatoms. The number of hydrogen-bond donors (Lipinski definition) is 1. The Kier molecular flexibility index (Phi) is 3.52. The van der Waals surface area contributed by atoms with Crippen LogP contribution in [0.4, 0.5) is 0 Å². The zero-order valence-corrected chi connectivity index (χ0v) is 9.23. The molecular weight excluding hydrogens is 200 g/mol. The van der Waals surface area contributed by atoms with Crippen molar-refractivity contribution in [1.82, 2.24) is 0 Å². The lowest BCUT2D eigenvalue weighted by atomic mass is 9.91. The molecule has 2 nitrogen and oxygen atoms in total. The summed E-state index contributed by atoms with van der Waals surface area (Å²) in [6, 6.07) is 9.77. The largest absolute Gasteiger partial charge is 0.388 e. The molecule has 2 rings (SSSR count). The summed E-state index contributed by atoms with van der Waals surface area (Å²) in [5, 5.41) is 10.0. The summed E-state index contributed by atoms with van der Waals surface area (Å²) in [6.07, 6.45) is 4.18. The molecule has 0 aromatic heterocycles. The molecule has 0 spiro atoms. The van der Waals surface area contributed by atoms with Crippen LogP contribution >= 0.6 is 0 Å². The summed E-state index contributed by atoms with van der Waals surface area (Å²) in [4.78, 5) is 11.6. The zero-order valence-electron chi connectivity index (χ0n) is 9.23. The van der Waals surface area contributed by atoms with E-state index in [0.29, 0.717) is 18.4 Å². The molecule has 0 radical (unpaired) electrons. The van der Waals surface area contributed by atoms with Crippen LogP contribution in [0.1, 0.15) is 24.8 Å². The van der Waals surface area contributed by atoms with Gasteiger partial charge < -0.3 is 5.11 Å². The second-order valence-electron chi connectivity index (χ2n) is 4.18. The minimum absolute atomic E-state index is 0.106. The van der Waals surface area contributed by atoms with Gasteiger partial charge in [0.1, 0.15) is 0 Å². The van der Waals surface area contributed by atoms with Crippen LogP contribution in [0.2, 0.25) is 0 Å². The predicted octanol–water partition coefficient (Wildman–Crippen LogP) is 2.27. The lowest BCUT2D eigenvalue weighted by Crippen LogP contribution is -2.22. The zero-order chi connectivity index (χ0) is 11.4. The molecule has 0 heterocycles. The van der Waals surface area contributed by atoms with E-state index in [1.54, 1.807) is 0 Å². The van der Waals surface area contributed by atoms with Crippen LogP contribution in [0.25, 0.3) is 0 Å². The number of ketones is 1. The first-order chi connectivity index (χ1) is 7.77. The molecule has 0 fully saturated rings. The van der Waals surface area contributed by atoms with Crippen LogP contribution in [-0.4, -0.2) is 17.0 Å². The van der Waals surface area contributed by atoms with E-state index in [9.17, 15) is 9.90 Å². The van der Waals surface area contributed by atoms with Gasteiger partial charge in [-0.25, -0.2) is 0 Å². The van der Waals surface area contributed by atoms with E-state index < -0.39 is 6.10 Å². The Hall–Kier alpha value is -1.41. The van der Waals surface area contributed by atoms with E-state index in [1.807, 2.05) is 36.4 Å². The van der Waals surface area contributed by atoms with Gasteiger partial charge in [-0.2, -0.15) is 0 Å². The molecule has 0 aliphatic heterocycles. The van der Waals surface area contributed by atoms with Gasteiger partial charge in [0, 0.05) is 18.4 Å². The van der Waals surface area contributed by atoms with Crippen molar-refractivity contribution in [2.75, 3.05) is 0 Å². The molecule has 1 unspecified atom stereocenters. The maximum absolute atomic E-state index is 11.6. The molecule has 84 valence electrons. The quantitative estimate of drug-likeness (QED) is 0.841. The van der Waals surface area contributed by atoms with Crippen molar-refractivity contribution in [3.63, 3.8) is 0 Å². The third-order valence-corrected chi connectivity index (χ3v) is 2.93. The summed E-state index contributed by atoms with van der Waals surface area (Å²) in [6.45, 7) is 0. The molecule has 1 atom stereocenters.